The molecule has 0 aliphatic carbocycles. The predicted octanol–water partition coefficient (Wildman–Crippen LogP) is 2.19. The minimum absolute atomic E-state index is 0.0109. The van der Waals surface area contributed by atoms with E-state index in [1.165, 1.54) is 0 Å². The number of nitrogens with zero attached hydrogens (tertiary/aromatic N) is 1. The summed E-state index contributed by atoms with van der Waals surface area (Å²) in [5.74, 6) is 0. The lowest BCUT2D eigenvalue weighted by Crippen LogP contribution is -2.16. The van der Waals surface area contributed by atoms with Crippen molar-refractivity contribution in [1.29, 1.82) is 0 Å². The van der Waals surface area contributed by atoms with Gasteiger partial charge >= 0.3 is 0 Å². The monoisotopic (exact) mass is 364 g/mol. The molecule has 1 aromatic heterocycles. The van der Waals surface area contributed by atoms with E-state index in [-0.39, 0.29) is 8.95 Å². The maximum Gasteiger partial charge on any atom is 0.281 e. The predicted molar refractivity (Wildman–Crippen MR) is 56.0 cm³/mol. The van der Waals surface area contributed by atoms with Crippen LogP contribution >= 0.6 is 31.9 Å². The first-order valence-corrected chi connectivity index (χ1v) is 6.53. The number of hydrogen-bond acceptors (Lipinski definition) is 3. The van der Waals surface area contributed by atoms with Gasteiger partial charge in [-0.1, -0.05) is 0 Å². The highest BCUT2D eigenvalue weighted by atomic mass is 79.9. The van der Waals surface area contributed by atoms with Gasteiger partial charge in [0, 0.05) is 4.47 Å². The van der Waals surface area contributed by atoms with Crippen molar-refractivity contribution in [2.45, 2.75) is 11.5 Å². The second-order valence-corrected chi connectivity index (χ2v) is 5.67. The zero-order valence-electron chi connectivity index (χ0n) is 6.92. The van der Waals surface area contributed by atoms with E-state index in [9.17, 15) is 17.2 Å². The van der Waals surface area contributed by atoms with E-state index >= 15 is 0 Å². The molecule has 0 aliphatic heterocycles. The Kier molecular flexibility index (Phi) is 3.80. The molecular weight excluding hydrogens is 362 g/mol. The van der Waals surface area contributed by atoms with E-state index in [1.54, 1.807) is 0 Å². The molecule has 0 atom stereocenters. The first-order valence-electron chi connectivity index (χ1n) is 3.40. The fourth-order valence-corrected chi connectivity index (χ4v) is 3.16. The molecule has 0 saturated carbocycles. The van der Waals surface area contributed by atoms with E-state index in [0.717, 1.165) is 6.07 Å². The molecule has 1 heterocycles. The number of alkyl halides is 2. The lowest BCUT2D eigenvalue weighted by atomic mass is 10.4. The summed E-state index contributed by atoms with van der Waals surface area (Å²) in [6.07, 6.45) is -2.88. The molecule has 2 N–H and O–H groups in total. The van der Waals surface area contributed by atoms with Crippen LogP contribution in [0.1, 0.15) is 12.1 Å². The standard InChI is InChI=1S/C6H4Br2F2N2O2S/c7-2-1-3(8)6(15(11,13)14)12-4(2)5(9)10/h1,5H,(H2,11,13,14). The lowest BCUT2D eigenvalue weighted by Gasteiger charge is -2.06. The summed E-state index contributed by atoms with van der Waals surface area (Å²) in [6.45, 7) is 0. The Bertz CT molecular complexity index is 492. The highest BCUT2D eigenvalue weighted by molar-refractivity contribution is 9.11. The van der Waals surface area contributed by atoms with Crippen LogP contribution in [0.5, 0.6) is 0 Å². The zero-order valence-corrected chi connectivity index (χ0v) is 10.9. The maximum atomic E-state index is 12.4. The first-order chi connectivity index (χ1) is 6.73. The van der Waals surface area contributed by atoms with E-state index in [4.69, 9.17) is 5.14 Å². The summed E-state index contributed by atoms with van der Waals surface area (Å²) >= 11 is 5.71. The maximum absolute atomic E-state index is 12.4. The molecule has 0 aliphatic rings. The third-order valence-electron chi connectivity index (χ3n) is 1.40. The molecule has 0 saturated heterocycles. The van der Waals surface area contributed by atoms with Gasteiger partial charge in [0.05, 0.1) is 4.47 Å². The first kappa shape index (κ1) is 12.9. The number of halogens is 4. The zero-order chi connectivity index (χ0) is 11.8. The molecule has 15 heavy (non-hydrogen) atoms. The lowest BCUT2D eigenvalue weighted by molar-refractivity contribution is 0.144. The van der Waals surface area contributed by atoms with E-state index in [0.29, 0.717) is 0 Å². The molecule has 0 amide bonds. The van der Waals surface area contributed by atoms with E-state index < -0.39 is 27.2 Å². The van der Waals surface area contributed by atoms with Gasteiger partial charge in [0.15, 0.2) is 5.03 Å². The van der Waals surface area contributed by atoms with Crippen LogP contribution in [-0.4, -0.2) is 13.4 Å². The van der Waals surface area contributed by atoms with Crippen LogP contribution in [0.2, 0.25) is 0 Å². The molecule has 0 radical (unpaired) electrons. The van der Waals surface area contributed by atoms with Gasteiger partial charge in [-0.3, -0.25) is 0 Å². The second-order valence-electron chi connectivity index (χ2n) is 2.49. The average molecular weight is 366 g/mol. The third-order valence-corrected chi connectivity index (χ3v) is 3.75. The van der Waals surface area contributed by atoms with Crippen molar-refractivity contribution in [2.24, 2.45) is 5.14 Å². The Labute approximate surface area is 101 Å². The van der Waals surface area contributed by atoms with Crippen molar-refractivity contribution in [3.8, 4) is 0 Å². The molecule has 0 aromatic carbocycles. The molecule has 1 rings (SSSR count). The summed E-state index contributed by atoms with van der Waals surface area (Å²) in [6, 6.07) is 1.16. The summed E-state index contributed by atoms with van der Waals surface area (Å²) in [7, 11) is -4.12. The van der Waals surface area contributed by atoms with Crippen molar-refractivity contribution < 1.29 is 17.2 Å². The normalized spacial score (nSPS) is 12.1. The summed E-state index contributed by atoms with van der Waals surface area (Å²) in [5, 5.41) is 4.19. The largest absolute Gasteiger partial charge is 0.281 e. The Morgan fingerprint density at radius 1 is 1.33 bits per heavy atom. The molecule has 84 valence electrons. The van der Waals surface area contributed by atoms with Crippen LogP contribution in [-0.2, 0) is 10.0 Å². The number of hydrogen-bond donors (Lipinski definition) is 1. The van der Waals surface area contributed by atoms with Crippen LogP contribution < -0.4 is 5.14 Å². The fourth-order valence-electron chi connectivity index (χ4n) is 0.816. The Hall–Kier alpha value is -0.120. The smallest absolute Gasteiger partial charge is 0.232 e. The molecule has 1 aromatic rings. The van der Waals surface area contributed by atoms with Gasteiger partial charge in [-0.25, -0.2) is 27.3 Å². The summed E-state index contributed by atoms with van der Waals surface area (Å²) in [5.41, 5.74) is -0.665. The number of aromatic nitrogens is 1. The molecule has 0 spiro atoms. The summed E-state index contributed by atoms with van der Waals surface area (Å²) < 4.78 is 46.7. The molecular formula is C6H4Br2F2N2O2S. The number of pyridine rings is 1. The van der Waals surface area contributed by atoms with Crippen LogP contribution in [0, 0.1) is 0 Å². The van der Waals surface area contributed by atoms with Gasteiger partial charge in [0.2, 0.25) is 0 Å². The molecule has 4 nitrogen and oxygen atoms in total. The van der Waals surface area contributed by atoms with E-state index in [1.807, 2.05) is 0 Å². The number of sulfonamides is 1. The quantitative estimate of drug-likeness (QED) is 0.873. The van der Waals surface area contributed by atoms with Gasteiger partial charge in [-0.15, -0.1) is 0 Å². The Morgan fingerprint density at radius 2 is 1.87 bits per heavy atom. The number of nitrogens with two attached hydrogens (primary N) is 1. The molecule has 0 unspecified atom stereocenters. The molecule has 0 fully saturated rings. The van der Waals surface area contributed by atoms with Crippen LogP contribution in [0.4, 0.5) is 8.78 Å². The number of primary sulfonamides is 1. The highest BCUT2D eigenvalue weighted by Crippen LogP contribution is 2.30. The van der Waals surface area contributed by atoms with Gasteiger partial charge in [0.1, 0.15) is 5.69 Å². The van der Waals surface area contributed by atoms with Gasteiger partial charge in [0.25, 0.3) is 16.4 Å². The number of rotatable bonds is 2. The Morgan fingerprint density at radius 3 is 2.27 bits per heavy atom. The molecule has 0 bridgehead atoms. The van der Waals surface area contributed by atoms with Crippen molar-refractivity contribution in [1.82, 2.24) is 4.98 Å². The van der Waals surface area contributed by atoms with Gasteiger partial charge < -0.3 is 0 Å². The van der Waals surface area contributed by atoms with Crippen molar-refractivity contribution in [3.05, 3.63) is 20.7 Å². The average Bonchev–Trinajstić information content (AvgIpc) is 2.00. The minimum Gasteiger partial charge on any atom is -0.232 e. The second kappa shape index (κ2) is 4.40. The summed E-state index contributed by atoms with van der Waals surface area (Å²) in [4.78, 5) is 3.29. The van der Waals surface area contributed by atoms with Crippen molar-refractivity contribution in [2.75, 3.05) is 0 Å². The van der Waals surface area contributed by atoms with Crippen molar-refractivity contribution >= 4 is 41.9 Å². The van der Waals surface area contributed by atoms with Crippen LogP contribution in [0.3, 0.4) is 0 Å². The van der Waals surface area contributed by atoms with E-state index in [2.05, 4.69) is 36.8 Å². The SMILES string of the molecule is NS(=O)(=O)c1nc(C(F)F)c(Br)cc1Br. The van der Waals surface area contributed by atoms with Crippen LogP contribution in [0.15, 0.2) is 20.0 Å². The third kappa shape index (κ3) is 2.92. The highest BCUT2D eigenvalue weighted by Gasteiger charge is 2.21. The Balaban J connectivity index is 3.50. The van der Waals surface area contributed by atoms with Gasteiger partial charge in [-0.05, 0) is 37.9 Å². The molecule has 9 heteroatoms. The van der Waals surface area contributed by atoms with Crippen molar-refractivity contribution in [3.63, 3.8) is 0 Å². The fraction of sp³-hybridized carbons (Fsp3) is 0.167. The minimum atomic E-state index is -4.12. The van der Waals surface area contributed by atoms with Gasteiger partial charge in [-0.2, -0.15) is 0 Å². The van der Waals surface area contributed by atoms with Crippen LogP contribution in [0.25, 0.3) is 0 Å². The topological polar surface area (TPSA) is 73.1 Å².